The number of nitrogens with one attached hydrogen (secondary N) is 1. The molecule has 2 aliphatic rings. The number of hydrogen-bond acceptors (Lipinski definition) is 6. The van der Waals surface area contributed by atoms with E-state index in [1.807, 2.05) is 66.7 Å². The van der Waals surface area contributed by atoms with Crippen LogP contribution < -0.4 is 11.1 Å². The second kappa shape index (κ2) is 16.2. The summed E-state index contributed by atoms with van der Waals surface area (Å²) in [7, 11) is 1.69. The molecule has 2 amide bonds. The predicted octanol–water partition coefficient (Wildman–Crippen LogP) is 9.24. The van der Waals surface area contributed by atoms with E-state index in [2.05, 4.69) is 15.0 Å². The number of aryl methyl sites for hydroxylation is 1. The van der Waals surface area contributed by atoms with Crippen molar-refractivity contribution in [2.24, 2.45) is 7.05 Å². The zero-order chi connectivity index (χ0) is 44.0. The third-order valence-corrected chi connectivity index (χ3v) is 12.0. The van der Waals surface area contributed by atoms with Crippen molar-refractivity contribution in [1.29, 1.82) is 0 Å². The number of nitrogens with zero attached hydrogens (tertiary/aromatic N) is 5. The summed E-state index contributed by atoms with van der Waals surface area (Å²) in [4.78, 5) is 64.2. The third kappa shape index (κ3) is 8.28. The average molecular weight is 853 g/mol. The lowest BCUT2D eigenvalue weighted by Crippen LogP contribution is -2.42. The molecule has 10 nitrogen and oxygen atoms in total. The maximum atomic E-state index is 13.4. The van der Waals surface area contributed by atoms with Gasteiger partial charge in [-0.15, -0.1) is 0 Å². The summed E-state index contributed by atoms with van der Waals surface area (Å²) in [6.07, 6.45) is 5.47. The first-order valence-corrected chi connectivity index (χ1v) is 20.6. The van der Waals surface area contributed by atoms with Crippen LogP contribution >= 0.6 is 0 Å². The number of pyridine rings is 4. The van der Waals surface area contributed by atoms with Gasteiger partial charge in [0.2, 0.25) is 0 Å². The average Bonchev–Trinajstić information content (AvgIpc) is 3.29. The molecule has 2 fully saturated rings. The highest BCUT2D eigenvalue weighted by Gasteiger charge is 2.37. The van der Waals surface area contributed by atoms with Gasteiger partial charge in [0.25, 0.3) is 34.8 Å². The highest BCUT2D eigenvalue weighted by molar-refractivity contribution is 6.04. The molecule has 0 unspecified atom stereocenters. The van der Waals surface area contributed by atoms with Gasteiger partial charge >= 0.3 is 0 Å². The van der Waals surface area contributed by atoms with E-state index in [1.54, 1.807) is 62.2 Å². The smallest absolute Gasteiger partial charge is 0.276 e. The third-order valence-electron chi connectivity index (χ3n) is 12.0. The fraction of sp³-hybridized carbons (Fsp3) is 0.224. The fourth-order valence-electron chi connectivity index (χ4n) is 8.36. The van der Waals surface area contributed by atoms with Crippen molar-refractivity contribution < 1.29 is 27.2 Å². The molecular formula is C49H40F4N6O4. The largest absolute Gasteiger partial charge is 0.338 e. The number of carbonyl (C=O) groups is 2. The first-order valence-electron chi connectivity index (χ1n) is 20.6. The number of piperidine rings is 2. The zero-order valence-corrected chi connectivity index (χ0v) is 34.1. The van der Waals surface area contributed by atoms with E-state index in [4.69, 9.17) is 0 Å². The standard InChI is InChI=1S/C25H21F2N3O2.C24H19F2N3O2/c1-29-10-7-17-14-19(15-28-22(17)24(29)32)20-4-2-3-16-13-18(5-6-21(16)20)23(31)30-11-8-25(26,27)9-12-30;25-24(26)7-10-29(11-8-24)23(31)17-4-5-20-15(12-17)2-1-3-19(20)18-13-16-6-9-27-22(30)21(16)28-14-18/h2-7,10,13-15H,8-9,11-12H2,1H3;1-6,9,12-14H,7-8,10-11H2,(H,27,30). The van der Waals surface area contributed by atoms with Gasteiger partial charge in [-0.1, -0.05) is 48.5 Å². The minimum atomic E-state index is -2.69. The van der Waals surface area contributed by atoms with Crippen LogP contribution in [0.2, 0.25) is 0 Å². The number of hydrogen-bond donors (Lipinski definition) is 1. The summed E-state index contributed by atoms with van der Waals surface area (Å²) in [5.41, 5.74) is 4.99. The van der Waals surface area contributed by atoms with Crippen molar-refractivity contribution in [3.05, 3.63) is 154 Å². The van der Waals surface area contributed by atoms with Gasteiger partial charge in [0, 0.05) is 117 Å². The van der Waals surface area contributed by atoms with Gasteiger partial charge in [-0.25, -0.2) is 27.5 Å². The lowest BCUT2D eigenvalue weighted by Gasteiger charge is -2.31. The van der Waals surface area contributed by atoms with Crippen LogP contribution in [0.4, 0.5) is 17.6 Å². The molecule has 0 spiro atoms. The zero-order valence-electron chi connectivity index (χ0n) is 34.1. The van der Waals surface area contributed by atoms with Gasteiger partial charge in [0.15, 0.2) is 0 Å². The number of aromatic nitrogens is 4. The molecule has 0 saturated carbocycles. The Hall–Kier alpha value is -7.22. The van der Waals surface area contributed by atoms with E-state index in [9.17, 15) is 36.7 Å². The second-order valence-electron chi connectivity index (χ2n) is 16.1. The Morgan fingerprint density at radius 1 is 0.587 bits per heavy atom. The Bertz CT molecular complexity index is 3220. The van der Waals surface area contributed by atoms with Crippen LogP contribution in [0.3, 0.4) is 0 Å². The molecule has 318 valence electrons. The maximum Gasteiger partial charge on any atom is 0.276 e. The van der Waals surface area contributed by atoms with Crippen molar-refractivity contribution in [1.82, 2.24) is 29.3 Å². The summed E-state index contributed by atoms with van der Waals surface area (Å²) in [5, 5.41) is 5.13. The molecule has 63 heavy (non-hydrogen) atoms. The van der Waals surface area contributed by atoms with Gasteiger partial charge in [0.05, 0.1) is 0 Å². The lowest BCUT2D eigenvalue weighted by molar-refractivity contribution is -0.0503. The molecule has 0 aliphatic carbocycles. The highest BCUT2D eigenvalue weighted by Crippen LogP contribution is 2.34. The number of amides is 2. The van der Waals surface area contributed by atoms with Crippen LogP contribution in [0.5, 0.6) is 0 Å². The molecular weight excluding hydrogens is 813 g/mol. The molecule has 0 atom stereocenters. The molecule has 6 heterocycles. The maximum absolute atomic E-state index is 13.4. The lowest BCUT2D eigenvalue weighted by atomic mass is 9.96. The Labute approximate surface area is 357 Å². The topological polar surface area (TPSA) is 121 Å². The van der Waals surface area contributed by atoms with E-state index >= 15 is 0 Å². The second-order valence-corrected chi connectivity index (χ2v) is 16.1. The first kappa shape index (κ1) is 41.1. The summed E-state index contributed by atoms with van der Waals surface area (Å²) >= 11 is 0. The van der Waals surface area contributed by atoms with Crippen LogP contribution in [-0.4, -0.2) is 79.2 Å². The molecule has 0 radical (unpaired) electrons. The van der Waals surface area contributed by atoms with Crippen molar-refractivity contribution in [3.63, 3.8) is 0 Å². The molecule has 10 rings (SSSR count). The van der Waals surface area contributed by atoms with Crippen LogP contribution in [-0.2, 0) is 7.05 Å². The van der Waals surface area contributed by atoms with E-state index < -0.39 is 11.8 Å². The SMILES string of the molecule is Cn1ccc2cc(-c3cccc4cc(C(=O)N5CCC(F)(F)CC5)ccc34)cnc2c1=O.O=C(c1ccc2c(-c3cnc4c(=O)[nH]ccc4c3)cccc2c1)N1CCC(F)(F)CC1. The number of H-pyrrole nitrogens is 1. The molecule has 8 aromatic rings. The first-order chi connectivity index (χ1) is 30.2. The molecule has 14 heteroatoms. The van der Waals surface area contributed by atoms with Crippen molar-refractivity contribution in [2.75, 3.05) is 26.2 Å². The molecule has 4 aromatic carbocycles. The minimum absolute atomic E-state index is 0.0613. The number of fused-ring (bicyclic) bond motifs is 4. The van der Waals surface area contributed by atoms with Gasteiger partial charge in [-0.05, 0) is 81.2 Å². The molecule has 1 N–H and O–H groups in total. The van der Waals surface area contributed by atoms with Crippen molar-refractivity contribution in [2.45, 2.75) is 37.5 Å². The quantitative estimate of drug-likeness (QED) is 0.176. The van der Waals surface area contributed by atoms with Crippen molar-refractivity contribution in [3.8, 4) is 22.3 Å². The van der Waals surface area contributed by atoms with Gasteiger partial charge in [-0.3, -0.25) is 19.2 Å². The van der Waals surface area contributed by atoms with Crippen LogP contribution in [0.25, 0.3) is 65.6 Å². The Kier molecular flexibility index (Phi) is 10.6. The minimum Gasteiger partial charge on any atom is -0.338 e. The Balaban J connectivity index is 0.000000160. The Morgan fingerprint density at radius 2 is 1.06 bits per heavy atom. The van der Waals surface area contributed by atoms with Gasteiger partial charge < -0.3 is 19.4 Å². The molecule has 0 bridgehead atoms. The van der Waals surface area contributed by atoms with Crippen LogP contribution in [0.15, 0.2) is 131 Å². The number of halogens is 4. The molecule has 4 aromatic heterocycles. The van der Waals surface area contributed by atoms with Crippen LogP contribution in [0.1, 0.15) is 46.4 Å². The summed E-state index contributed by atoms with van der Waals surface area (Å²) < 4.78 is 55.2. The van der Waals surface area contributed by atoms with E-state index in [0.29, 0.717) is 22.2 Å². The number of rotatable bonds is 4. The molecule has 2 aliphatic heterocycles. The number of benzene rings is 4. The predicted molar refractivity (Wildman–Crippen MR) is 235 cm³/mol. The van der Waals surface area contributed by atoms with E-state index in [0.717, 1.165) is 54.6 Å². The Morgan fingerprint density at radius 3 is 1.57 bits per heavy atom. The number of carbonyl (C=O) groups excluding carboxylic acids is 2. The van der Waals surface area contributed by atoms with E-state index in [-0.39, 0.29) is 74.8 Å². The number of likely N-dealkylation sites (tertiary alicyclic amines) is 2. The number of alkyl halides is 4. The van der Waals surface area contributed by atoms with E-state index in [1.165, 1.54) is 14.4 Å². The summed E-state index contributed by atoms with van der Waals surface area (Å²) in [5.74, 6) is -5.83. The van der Waals surface area contributed by atoms with Gasteiger partial charge in [0.1, 0.15) is 11.0 Å². The number of aromatic amines is 1. The normalized spacial score (nSPS) is 16.0. The van der Waals surface area contributed by atoms with Crippen LogP contribution in [0, 0.1) is 0 Å². The van der Waals surface area contributed by atoms with Gasteiger partial charge in [-0.2, -0.15) is 0 Å². The fourth-order valence-corrected chi connectivity index (χ4v) is 8.36. The molecule has 2 saturated heterocycles. The monoisotopic (exact) mass is 852 g/mol. The summed E-state index contributed by atoms with van der Waals surface area (Å²) in [6, 6.07) is 29.9. The summed E-state index contributed by atoms with van der Waals surface area (Å²) in [6.45, 7) is 0.246. The highest BCUT2D eigenvalue weighted by atomic mass is 19.3. The van der Waals surface area contributed by atoms with Crippen molar-refractivity contribution >= 4 is 55.2 Å².